The number of thioether (sulfide) groups is 1. The van der Waals surface area contributed by atoms with Crippen LogP contribution in [0.5, 0.6) is 0 Å². The van der Waals surface area contributed by atoms with E-state index in [1.807, 2.05) is 23.1 Å². The van der Waals surface area contributed by atoms with Crippen LogP contribution < -0.4 is 0 Å². The van der Waals surface area contributed by atoms with E-state index in [4.69, 9.17) is 11.6 Å². The molecule has 0 bridgehead atoms. The normalized spacial score (nSPS) is 15.9. The van der Waals surface area contributed by atoms with E-state index in [1.54, 1.807) is 23.9 Å². The molecule has 3 nitrogen and oxygen atoms in total. The molecular weight excluding hydrogens is 412 g/mol. The molecular formula is C25H21ClN2OS. The summed E-state index contributed by atoms with van der Waals surface area (Å²) in [6, 6.07) is 24.0. The van der Waals surface area contributed by atoms with Gasteiger partial charge in [-0.3, -0.25) is 4.79 Å². The second kappa shape index (κ2) is 7.86. The number of halogens is 1. The predicted molar refractivity (Wildman–Crippen MR) is 125 cm³/mol. The third-order valence-corrected chi connectivity index (χ3v) is 6.90. The molecule has 1 aliphatic heterocycles. The number of aromatic amines is 1. The minimum atomic E-state index is -0.180. The Hall–Kier alpha value is -2.69. The third-order valence-electron chi connectivity index (χ3n) is 5.83. The Morgan fingerprint density at radius 3 is 2.53 bits per heavy atom. The molecule has 0 saturated carbocycles. The lowest BCUT2D eigenvalue weighted by molar-refractivity contribution is 0.0692. The smallest absolute Gasteiger partial charge is 0.256 e. The Balaban J connectivity index is 1.66. The fourth-order valence-electron chi connectivity index (χ4n) is 4.38. The number of fused-ring (bicyclic) bond motifs is 3. The zero-order valence-corrected chi connectivity index (χ0v) is 18.1. The number of benzene rings is 3. The first kappa shape index (κ1) is 19.3. The van der Waals surface area contributed by atoms with Crippen molar-refractivity contribution in [2.75, 3.05) is 12.8 Å². The highest BCUT2D eigenvalue weighted by molar-refractivity contribution is 7.98. The molecule has 0 saturated heterocycles. The van der Waals surface area contributed by atoms with Crippen molar-refractivity contribution in [2.45, 2.75) is 17.4 Å². The lowest BCUT2D eigenvalue weighted by Crippen LogP contribution is -2.40. The number of rotatable bonds is 3. The van der Waals surface area contributed by atoms with Gasteiger partial charge >= 0.3 is 0 Å². The Bertz CT molecular complexity index is 1230. The number of H-pyrrole nitrogens is 1. The first-order chi connectivity index (χ1) is 14.7. The Morgan fingerprint density at radius 1 is 1.03 bits per heavy atom. The van der Waals surface area contributed by atoms with Gasteiger partial charge in [0.15, 0.2) is 0 Å². The van der Waals surface area contributed by atoms with Gasteiger partial charge in [0.05, 0.1) is 16.6 Å². The van der Waals surface area contributed by atoms with Gasteiger partial charge in [0.2, 0.25) is 0 Å². The highest BCUT2D eigenvalue weighted by Gasteiger charge is 2.35. The fraction of sp³-hybridized carbons (Fsp3) is 0.160. The van der Waals surface area contributed by atoms with Crippen LogP contribution in [0.4, 0.5) is 0 Å². The summed E-state index contributed by atoms with van der Waals surface area (Å²) < 4.78 is 0. The number of hydrogen-bond acceptors (Lipinski definition) is 2. The van der Waals surface area contributed by atoms with Crippen LogP contribution in [0.2, 0.25) is 5.02 Å². The van der Waals surface area contributed by atoms with Crippen LogP contribution in [0, 0.1) is 0 Å². The molecule has 3 aromatic carbocycles. The molecule has 4 aromatic rings. The van der Waals surface area contributed by atoms with Crippen LogP contribution in [0.15, 0.2) is 77.7 Å². The number of aromatic nitrogens is 1. The van der Waals surface area contributed by atoms with Crippen LogP contribution in [0.25, 0.3) is 10.9 Å². The minimum Gasteiger partial charge on any atom is -0.356 e. The van der Waals surface area contributed by atoms with E-state index in [1.165, 1.54) is 15.8 Å². The fourth-order valence-corrected chi connectivity index (χ4v) is 5.01. The molecule has 30 heavy (non-hydrogen) atoms. The molecule has 0 radical (unpaired) electrons. The zero-order valence-electron chi connectivity index (χ0n) is 16.6. The third kappa shape index (κ3) is 3.21. The largest absolute Gasteiger partial charge is 0.356 e. The van der Waals surface area contributed by atoms with Gasteiger partial charge < -0.3 is 9.88 Å². The van der Waals surface area contributed by atoms with Crippen LogP contribution in [-0.2, 0) is 6.42 Å². The number of nitrogens with one attached hydrogen (secondary N) is 1. The molecule has 5 rings (SSSR count). The number of carbonyl (C=O) groups excluding carboxylic acids is 1. The molecule has 0 unspecified atom stereocenters. The number of amides is 1. The van der Waals surface area contributed by atoms with Gasteiger partial charge in [-0.25, -0.2) is 0 Å². The van der Waals surface area contributed by atoms with Gasteiger partial charge in [0, 0.05) is 28.0 Å². The monoisotopic (exact) mass is 432 g/mol. The second-order valence-electron chi connectivity index (χ2n) is 7.47. The molecule has 0 fully saturated rings. The molecule has 1 atom stereocenters. The van der Waals surface area contributed by atoms with Crippen molar-refractivity contribution < 1.29 is 4.79 Å². The Kier molecular flexibility index (Phi) is 5.05. The van der Waals surface area contributed by atoms with E-state index in [2.05, 4.69) is 53.7 Å². The molecule has 1 N–H and O–H groups in total. The van der Waals surface area contributed by atoms with Crippen LogP contribution in [0.3, 0.4) is 0 Å². The standard InChI is InChI=1S/C25H21ClN2OS/c1-30-17-12-10-16(11-13-17)24-23-19(18-6-3-5-9-22(18)27-23)14-15-28(24)25(29)20-7-2-4-8-21(20)26/h2-13,24,27H,14-15H2,1H3/t24-/m1/s1. The van der Waals surface area contributed by atoms with E-state index in [0.29, 0.717) is 17.1 Å². The van der Waals surface area contributed by atoms with E-state index in [0.717, 1.165) is 23.2 Å². The van der Waals surface area contributed by atoms with Crippen molar-refractivity contribution in [3.05, 3.63) is 100 Å². The van der Waals surface area contributed by atoms with E-state index < -0.39 is 0 Å². The maximum Gasteiger partial charge on any atom is 0.256 e. The van der Waals surface area contributed by atoms with Crippen molar-refractivity contribution in [2.24, 2.45) is 0 Å². The molecule has 0 spiro atoms. The zero-order chi connectivity index (χ0) is 20.7. The molecule has 2 heterocycles. The summed E-state index contributed by atoms with van der Waals surface area (Å²) >= 11 is 8.09. The summed E-state index contributed by atoms with van der Waals surface area (Å²) in [4.78, 5) is 20.3. The Morgan fingerprint density at radius 2 is 1.77 bits per heavy atom. The molecule has 150 valence electrons. The van der Waals surface area contributed by atoms with Gasteiger partial charge in [-0.05, 0) is 54.1 Å². The topological polar surface area (TPSA) is 36.1 Å². The quantitative estimate of drug-likeness (QED) is 0.384. The molecule has 5 heteroatoms. The van der Waals surface area contributed by atoms with Gasteiger partial charge in [-0.15, -0.1) is 11.8 Å². The minimum absolute atomic E-state index is 0.0381. The maximum atomic E-state index is 13.6. The SMILES string of the molecule is CSc1ccc([C@@H]2c3[nH]c4ccccc4c3CCN2C(=O)c2ccccc2Cl)cc1. The van der Waals surface area contributed by atoms with Crippen LogP contribution in [-0.4, -0.2) is 28.6 Å². The lowest BCUT2D eigenvalue weighted by Gasteiger charge is -2.36. The van der Waals surface area contributed by atoms with E-state index in [9.17, 15) is 4.79 Å². The average Bonchev–Trinajstić information content (AvgIpc) is 3.17. The summed E-state index contributed by atoms with van der Waals surface area (Å²) in [5.74, 6) is -0.0381. The summed E-state index contributed by atoms with van der Waals surface area (Å²) in [5, 5.41) is 1.73. The first-order valence-corrected chi connectivity index (χ1v) is 11.6. The average molecular weight is 433 g/mol. The summed E-state index contributed by atoms with van der Waals surface area (Å²) in [5.41, 5.74) is 5.15. The van der Waals surface area contributed by atoms with Crippen molar-refractivity contribution in [1.29, 1.82) is 0 Å². The van der Waals surface area contributed by atoms with Gasteiger partial charge in [0.25, 0.3) is 5.91 Å². The summed E-state index contributed by atoms with van der Waals surface area (Å²) in [6.07, 6.45) is 2.88. The van der Waals surface area contributed by atoms with Crippen LogP contribution in [0.1, 0.15) is 33.2 Å². The van der Waals surface area contributed by atoms with Gasteiger partial charge in [-0.1, -0.05) is 54.1 Å². The summed E-state index contributed by atoms with van der Waals surface area (Å²) in [6.45, 7) is 0.647. The van der Waals surface area contributed by atoms with Gasteiger partial charge in [0.1, 0.15) is 0 Å². The maximum absolute atomic E-state index is 13.6. The molecule has 1 aliphatic rings. The van der Waals surface area contributed by atoms with Gasteiger partial charge in [-0.2, -0.15) is 0 Å². The summed E-state index contributed by atoms with van der Waals surface area (Å²) in [7, 11) is 0. The van der Waals surface area contributed by atoms with E-state index in [-0.39, 0.29) is 11.9 Å². The Labute approximate surface area is 185 Å². The first-order valence-electron chi connectivity index (χ1n) is 9.96. The van der Waals surface area contributed by atoms with Crippen LogP contribution >= 0.6 is 23.4 Å². The number of para-hydroxylation sites is 1. The lowest BCUT2D eigenvalue weighted by atomic mass is 9.91. The van der Waals surface area contributed by atoms with Crippen molar-refractivity contribution in [3.63, 3.8) is 0 Å². The van der Waals surface area contributed by atoms with Crippen molar-refractivity contribution in [1.82, 2.24) is 9.88 Å². The van der Waals surface area contributed by atoms with Crippen molar-refractivity contribution in [3.8, 4) is 0 Å². The number of nitrogens with zero attached hydrogens (tertiary/aromatic N) is 1. The highest BCUT2D eigenvalue weighted by Crippen LogP contribution is 2.39. The molecule has 1 amide bonds. The van der Waals surface area contributed by atoms with E-state index >= 15 is 0 Å². The number of hydrogen-bond donors (Lipinski definition) is 1. The molecule has 0 aliphatic carbocycles. The predicted octanol–water partition coefficient (Wildman–Crippen LogP) is 6.33. The molecule has 1 aromatic heterocycles. The second-order valence-corrected chi connectivity index (χ2v) is 8.75. The van der Waals surface area contributed by atoms with Crippen molar-refractivity contribution >= 4 is 40.2 Å². The highest BCUT2D eigenvalue weighted by atomic mass is 35.5. The number of carbonyl (C=O) groups is 1.